The minimum atomic E-state index is -0.281. The number of hydrogen-bond acceptors (Lipinski definition) is 6. The number of aromatic nitrogens is 4. The van der Waals surface area contributed by atoms with Gasteiger partial charge in [-0.3, -0.25) is 4.98 Å². The van der Waals surface area contributed by atoms with Crippen LogP contribution in [0, 0.1) is 11.7 Å². The van der Waals surface area contributed by atoms with Crippen LogP contribution in [0.5, 0.6) is 5.88 Å². The van der Waals surface area contributed by atoms with Crippen LogP contribution in [0.2, 0.25) is 0 Å². The molecule has 0 saturated carbocycles. The fourth-order valence-electron chi connectivity index (χ4n) is 3.14. The number of anilines is 1. The molecule has 1 aliphatic heterocycles. The maximum atomic E-state index is 13.4. The lowest BCUT2D eigenvalue weighted by atomic mass is 9.97. The Bertz CT molecular complexity index is 852. The Labute approximate surface area is 144 Å². The minimum Gasteiger partial charge on any atom is -0.476 e. The maximum absolute atomic E-state index is 13.4. The largest absolute Gasteiger partial charge is 0.476 e. The number of piperidine rings is 1. The standard InChI is InChI=1S/C18H18FN5O/c19-14-1-2-15-16(9-14)22-12-23-18(15)24-7-3-13(4-8-24)11-25-17-10-20-5-6-21-17/h1-2,5-6,9-10,12-13H,3-4,7-8,11H2. The molecule has 0 radical (unpaired) electrons. The monoisotopic (exact) mass is 339 g/mol. The van der Waals surface area contributed by atoms with Crippen molar-refractivity contribution in [2.75, 3.05) is 24.6 Å². The molecule has 25 heavy (non-hydrogen) atoms. The first-order chi connectivity index (χ1) is 12.3. The topological polar surface area (TPSA) is 64.0 Å². The lowest BCUT2D eigenvalue weighted by Gasteiger charge is -2.33. The molecule has 0 bridgehead atoms. The summed E-state index contributed by atoms with van der Waals surface area (Å²) in [6.45, 7) is 2.41. The molecule has 1 fully saturated rings. The van der Waals surface area contributed by atoms with E-state index in [0.29, 0.717) is 23.9 Å². The van der Waals surface area contributed by atoms with Gasteiger partial charge in [0.1, 0.15) is 18.0 Å². The van der Waals surface area contributed by atoms with E-state index in [4.69, 9.17) is 4.74 Å². The number of nitrogens with zero attached hydrogens (tertiary/aromatic N) is 5. The van der Waals surface area contributed by atoms with E-state index in [1.165, 1.54) is 18.5 Å². The summed E-state index contributed by atoms with van der Waals surface area (Å²) in [6, 6.07) is 4.65. The molecule has 0 amide bonds. The van der Waals surface area contributed by atoms with E-state index in [-0.39, 0.29) is 5.82 Å². The highest BCUT2D eigenvalue weighted by atomic mass is 19.1. The van der Waals surface area contributed by atoms with Gasteiger partial charge in [-0.25, -0.2) is 19.3 Å². The van der Waals surface area contributed by atoms with Crippen LogP contribution in [0.25, 0.3) is 10.9 Å². The first-order valence-electron chi connectivity index (χ1n) is 8.33. The highest BCUT2D eigenvalue weighted by Crippen LogP contribution is 2.28. The smallest absolute Gasteiger partial charge is 0.232 e. The molecule has 3 heterocycles. The van der Waals surface area contributed by atoms with Crippen LogP contribution in [-0.2, 0) is 0 Å². The fraction of sp³-hybridized carbons (Fsp3) is 0.333. The van der Waals surface area contributed by atoms with E-state index in [1.807, 2.05) is 0 Å². The minimum absolute atomic E-state index is 0.281. The zero-order valence-corrected chi connectivity index (χ0v) is 13.7. The lowest BCUT2D eigenvalue weighted by Crippen LogP contribution is -2.36. The molecule has 0 aliphatic carbocycles. The Hall–Kier alpha value is -2.83. The van der Waals surface area contributed by atoms with Gasteiger partial charge in [-0.2, -0.15) is 0 Å². The van der Waals surface area contributed by atoms with E-state index in [9.17, 15) is 4.39 Å². The normalized spacial score (nSPS) is 15.5. The molecule has 0 unspecified atom stereocenters. The zero-order valence-electron chi connectivity index (χ0n) is 13.7. The van der Waals surface area contributed by atoms with Crippen molar-refractivity contribution >= 4 is 16.7 Å². The second-order valence-corrected chi connectivity index (χ2v) is 6.14. The van der Waals surface area contributed by atoms with Crippen molar-refractivity contribution in [1.82, 2.24) is 19.9 Å². The molecule has 0 atom stereocenters. The zero-order chi connectivity index (χ0) is 17.1. The fourth-order valence-corrected chi connectivity index (χ4v) is 3.14. The van der Waals surface area contributed by atoms with E-state index in [1.54, 1.807) is 24.7 Å². The van der Waals surface area contributed by atoms with Gasteiger partial charge in [-0.15, -0.1) is 0 Å². The summed E-state index contributed by atoms with van der Waals surface area (Å²) in [4.78, 5) is 18.9. The SMILES string of the molecule is Fc1ccc2c(N3CCC(COc4cnccn4)CC3)ncnc2c1. The highest BCUT2D eigenvalue weighted by molar-refractivity contribution is 5.89. The number of hydrogen-bond donors (Lipinski definition) is 0. The predicted molar refractivity (Wildman–Crippen MR) is 92.0 cm³/mol. The quantitative estimate of drug-likeness (QED) is 0.728. The molecule has 0 spiro atoms. The second kappa shape index (κ2) is 6.96. The van der Waals surface area contributed by atoms with Gasteiger partial charge in [0.05, 0.1) is 18.3 Å². The summed E-state index contributed by atoms with van der Waals surface area (Å²) < 4.78 is 19.1. The lowest BCUT2D eigenvalue weighted by molar-refractivity contribution is 0.215. The molecule has 1 aliphatic rings. The van der Waals surface area contributed by atoms with Gasteiger partial charge in [-0.1, -0.05) is 0 Å². The molecular weight excluding hydrogens is 321 g/mol. The number of fused-ring (bicyclic) bond motifs is 1. The molecule has 1 saturated heterocycles. The van der Waals surface area contributed by atoms with E-state index in [2.05, 4.69) is 24.8 Å². The van der Waals surface area contributed by atoms with Crippen LogP contribution in [0.4, 0.5) is 10.2 Å². The van der Waals surface area contributed by atoms with Crippen molar-refractivity contribution in [3.8, 4) is 5.88 Å². The van der Waals surface area contributed by atoms with Crippen LogP contribution >= 0.6 is 0 Å². The maximum Gasteiger partial charge on any atom is 0.232 e. The van der Waals surface area contributed by atoms with Crippen LogP contribution in [0.1, 0.15) is 12.8 Å². The van der Waals surface area contributed by atoms with Crippen LogP contribution < -0.4 is 9.64 Å². The molecular formula is C18H18FN5O. The summed E-state index contributed by atoms with van der Waals surface area (Å²) in [5.74, 6) is 1.63. The Balaban J connectivity index is 1.40. The third-order valence-electron chi connectivity index (χ3n) is 4.50. The van der Waals surface area contributed by atoms with E-state index >= 15 is 0 Å². The molecule has 4 rings (SSSR count). The van der Waals surface area contributed by atoms with Gasteiger partial charge in [0.25, 0.3) is 0 Å². The van der Waals surface area contributed by atoms with Crippen molar-refractivity contribution in [3.05, 3.63) is 48.9 Å². The van der Waals surface area contributed by atoms with Gasteiger partial charge in [0.2, 0.25) is 5.88 Å². The molecule has 2 aromatic heterocycles. The van der Waals surface area contributed by atoms with Crippen LogP contribution in [0.15, 0.2) is 43.1 Å². The Morgan fingerprint density at radius 3 is 2.80 bits per heavy atom. The molecule has 6 nitrogen and oxygen atoms in total. The van der Waals surface area contributed by atoms with Gasteiger partial charge in [-0.05, 0) is 30.9 Å². The first-order valence-corrected chi connectivity index (χ1v) is 8.33. The summed E-state index contributed by atoms with van der Waals surface area (Å²) in [5, 5.41) is 0.887. The Morgan fingerprint density at radius 1 is 1.12 bits per heavy atom. The predicted octanol–water partition coefficient (Wildman–Crippen LogP) is 2.85. The molecule has 3 aromatic rings. The average molecular weight is 339 g/mol. The summed E-state index contributed by atoms with van der Waals surface area (Å²) in [5.41, 5.74) is 0.637. The summed E-state index contributed by atoms with van der Waals surface area (Å²) >= 11 is 0. The Kier molecular flexibility index (Phi) is 4.37. The average Bonchev–Trinajstić information content (AvgIpc) is 2.67. The van der Waals surface area contributed by atoms with Gasteiger partial charge in [0, 0.05) is 36.9 Å². The van der Waals surface area contributed by atoms with Gasteiger partial charge >= 0.3 is 0 Å². The third-order valence-corrected chi connectivity index (χ3v) is 4.50. The van der Waals surface area contributed by atoms with Crippen molar-refractivity contribution in [1.29, 1.82) is 0 Å². The van der Waals surface area contributed by atoms with Gasteiger partial charge < -0.3 is 9.64 Å². The number of benzene rings is 1. The second-order valence-electron chi connectivity index (χ2n) is 6.14. The van der Waals surface area contributed by atoms with Crippen molar-refractivity contribution in [2.45, 2.75) is 12.8 Å². The molecule has 1 aromatic carbocycles. The highest BCUT2D eigenvalue weighted by Gasteiger charge is 2.22. The van der Waals surface area contributed by atoms with E-state index in [0.717, 1.165) is 37.1 Å². The number of halogens is 1. The number of ether oxygens (including phenoxy) is 1. The van der Waals surface area contributed by atoms with Gasteiger partial charge in [0.15, 0.2) is 0 Å². The van der Waals surface area contributed by atoms with Crippen molar-refractivity contribution in [2.24, 2.45) is 5.92 Å². The van der Waals surface area contributed by atoms with E-state index < -0.39 is 0 Å². The Morgan fingerprint density at radius 2 is 2.00 bits per heavy atom. The molecule has 7 heteroatoms. The molecule has 0 N–H and O–H groups in total. The summed E-state index contributed by atoms with van der Waals surface area (Å²) in [6.07, 6.45) is 8.39. The van der Waals surface area contributed by atoms with Crippen molar-refractivity contribution in [3.63, 3.8) is 0 Å². The third kappa shape index (κ3) is 3.50. The van der Waals surface area contributed by atoms with Crippen molar-refractivity contribution < 1.29 is 9.13 Å². The molecule has 128 valence electrons. The van der Waals surface area contributed by atoms with Crippen LogP contribution in [0.3, 0.4) is 0 Å². The summed E-state index contributed by atoms with van der Waals surface area (Å²) in [7, 11) is 0. The first kappa shape index (κ1) is 15.7. The number of rotatable bonds is 4. The van der Waals surface area contributed by atoms with Crippen LogP contribution in [-0.4, -0.2) is 39.6 Å².